The van der Waals surface area contributed by atoms with Crippen LogP contribution in [-0.2, 0) is 4.74 Å². The summed E-state index contributed by atoms with van der Waals surface area (Å²) in [7, 11) is 0. The van der Waals surface area contributed by atoms with Crippen molar-refractivity contribution in [2.75, 3.05) is 31.7 Å². The van der Waals surface area contributed by atoms with E-state index in [2.05, 4.69) is 22.2 Å². The first kappa shape index (κ1) is 13.6. The van der Waals surface area contributed by atoms with Crippen molar-refractivity contribution >= 4 is 5.82 Å². The second-order valence-corrected chi connectivity index (χ2v) is 5.69. The Labute approximate surface area is 120 Å². The van der Waals surface area contributed by atoms with E-state index in [0.29, 0.717) is 24.3 Å². The Morgan fingerprint density at radius 1 is 1.35 bits per heavy atom. The van der Waals surface area contributed by atoms with Crippen molar-refractivity contribution in [1.82, 2.24) is 9.97 Å². The summed E-state index contributed by atoms with van der Waals surface area (Å²) in [6.45, 7) is 5.43. The smallest absolute Gasteiger partial charge is 0.218 e. The number of ether oxygens (including phenoxy) is 2. The van der Waals surface area contributed by atoms with E-state index in [-0.39, 0.29) is 0 Å². The molecule has 2 aliphatic rings. The van der Waals surface area contributed by atoms with Gasteiger partial charge in [-0.15, -0.1) is 0 Å². The lowest BCUT2D eigenvalue weighted by Crippen LogP contribution is -2.13. The highest BCUT2D eigenvalue weighted by Crippen LogP contribution is 2.39. The van der Waals surface area contributed by atoms with Gasteiger partial charge in [0.1, 0.15) is 11.6 Å². The lowest BCUT2D eigenvalue weighted by molar-refractivity contribution is 0.165. The number of rotatable bonds is 7. The predicted molar refractivity (Wildman–Crippen MR) is 77.2 cm³/mol. The van der Waals surface area contributed by atoms with Gasteiger partial charge in [-0.05, 0) is 25.7 Å². The molecule has 5 heteroatoms. The summed E-state index contributed by atoms with van der Waals surface area (Å²) in [6, 6.07) is 1.91. The minimum absolute atomic E-state index is 0.501. The predicted octanol–water partition coefficient (Wildman–Crippen LogP) is 2.59. The highest BCUT2D eigenvalue weighted by molar-refractivity contribution is 5.39. The molecular weight excluding hydrogens is 254 g/mol. The van der Waals surface area contributed by atoms with Crippen LogP contribution in [0.5, 0.6) is 5.88 Å². The van der Waals surface area contributed by atoms with E-state index in [1.807, 2.05) is 6.07 Å². The molecule has 1 aliphatic carbocycles. The number of anilines is 1. The molecule has 1 unspecified atom stereocenters. The van der Waals surface area contributed by atoms with Crippen LogP contribution in [0.25, 0.3) is 0 Å². The van der Waals surface area contributed by atoms with Gasteiger partial charge in [-0.2, -0.15) is 4.98 Å². The van der Waals surface area contributed by atoms with Crippen LogP contribution in [0, 0.1) is 5.92 Å². The van der Waals surface area contributed by atoms with E-state index in [4.69, 9.17) is 9.47 Å². The van der Waals surface area contributed by atoms with E-state index in [1.54, 1.807) is 0 Å². The van der Waals surface area contributed by atoms with Gasteiger partial charge in [0.05, 0.1) is 13.2 Å². The van der Waals surface area contributed by atoms with Gasteiger partial charge in [-0.1, -0.05) is 6.92 Å². The topological polar surface area (TPSA) is 56.3 Å². The van der Waals surface area contributed by atoms with Gasteiger partial charge in [0.25, 0.3) is 0 Å². The van der Waals surface area contributed by atoms with Crippen molar-refractivity contribution < 1.29 is 9.47 Å². The third-order valence-electron chi connectivity index (χ3n) is 3.71. The van der Waals surface area contributed by atoms with Gasteiger partial charge >= 0.3 is 0 Å². The van der Waals surface area contributed by atoms with E-state index in [0.717, 1.165) is 44.2 Å². The van der Waals surface area contributed by atoms with Crippen molar-refractivity contribution in [2.24, 2.45) is 5.92 Å². The second-order valence-electron chi connectivity index (χ2n) is 5.69. The molecule has 0 aromatic carbocycles. The van der Waals surface area contributed by atoms with E-state index >= 15 is 0 Å². The van der Waals surface area contributed by atoms with Crippen LogP contribution < -0.4 is 10.1 Å². The van der Waals surface area contributed by atoms with Crippen molar-refractivity contribution in [3.05, 3.63) is 11.9 Å². The van der Waals surface area contributed by atoms with Gasteiger partial charge < -0.3 is 14.8 Å². The highest BCUT2D eigenvalue weighted by atomic mass is 16.5. The standard InChI is InChI=1S/C15H23N3O2/c1-2-6-16-13-8-14(18-15(17-13)12-3-4-12)20-10-11-5-7-19-9-11/h8,11-12H,2-7,9-10H2,1H3,(H,16,17,18). The van der Waals surface area contributed by atoms with Crippen LogP contribution in [0.3, 0.4) is 0 Å². The molecule has 1 saturated heterocycles. The molecule has 1 atom stereocenters. The zero-order valence-corrected chi connectivity index (χ0v) is 12.1. The van der Waals surface area contributed by atoms with E-state index in [1.165, 1.54) is 12.8 Å². The fraction of sp³-hybridized carbons (Fsp3) is 0.733. The molecule has 0 amide bonds. The number of nitrogens with zero attached hydrogens (tertiary/aromatic N) is 2. The molecule has 1 aliphatic heterocycles. The molecule has 0 bridgehead atoms. The molecule has 0 radical (unpaired) electrons. The monoisotopic (exact) mass is 277 g/mol. The van der Waals surface area contributed by atoms with Gasteiger partial charge in [0.15, 0.2) is 0 Å². The molecule has 1 N–H and O–H groups in total. The van der Waals surface area contributed by atoms with Crippen LogP contribution in [0.1, 0.15) is 44.3 Å². The molecule has 3 rings (SSSR count). The first-order chi connectivity index (χ1) is 9.85. The van der Waals surface area contributed by atoms with E-state index < -0.39 is 0 Å². The summed E-state index contributed by atoms with van der Waals surface area (Å²) < 4.78 is 11.2. The Morgan fingerprint density at radius 2 is 2.25 bits per heavy atom. The molecule has 20 heavy (non-hydrogen) atoms. The number of hydrogen-bond donors (Lipinski definition) is 1. The first-order valence-electron chi connectivity index (χ1n) is 7.68. The van der Waals surface area contributed by atoms with E-state index in [9.17, 15) is 0 Å². The van der Waals surface area contributed by atoms with Crippen molar-refractivity contribution in [2.45, 2.75) is 38.5 Å². The molecule has 1 saturated carbocycles. The Bertz CT molecular complexity index is 443. The molecule has 1 aromatic heterocycles. The Balaban J connectivity index is 1.65. The summed E-state index contributed by atoms with van der Waals surface area (Å²) in [6.07, 6.45) is 4.57. The normalized spacial score (nSPS) is 21.9. The Kier molecular flexibility index (Phi) is 4.35. The quantitative estimate of drug-likeness (QED) is 0.830. The zero-order chi connectivity index (χ0) is 13.8. The molecule has 2 fully saturated rings. The third-order valence-corrected chi connectivity index (χ3v) is 3.71. The van der Waals surface area contributed by atoms with Gasteiger partial charge in [0, 0.05) is 31.1 Å². The number of aromatic nitrogens is 2. The first-order valence-corrected chi connectivity index (χ1v) is 7.68. The summed E-state index contributed by atoms with van der Waals surface area (Å²) in [5.41, 5.74) is 0. The Morgan fingerprint density at radius 3 is 2.95 bits per heavy atom. The van der Waals surface area contributed by atoms with Gasteiger partial charge in [-0.25, -0.2) is 4.98 Å². The minimum Gasteiger partial charge on any atom is -0.477 e. The fourth-order valence-corrected chi connectivity index (χ4v) is 2.30. The molecule has 2 heterocycles. The van der Waals surface area contributed by atoms with Gasteiger partial charge in [-0.3, -0.25) is 0 Å². The maximum Gasteiger partial charge on any atom is 0.218 e. The van der Waals surface area contributed by atoms with Crippen LogP contribution in [0.4, 0.5) is 5.82 Å². The van der Waals surface area contributed by atoms with Crippen molar-refractivity contribution in [1.29, 1.82) is 0 Å². The maximum atomic E-state index is 5.86. The lowest BCUT2D eigenvalue weighted by Gasteiger charge is -2.12. The van der Waals surface area contributed by atoms with Gasteiger partial charge in [0.2, 0.25) is 5.88 Å². The summed E-state index contributed by atoms with van der Waals surface area (Å²) in [4.78, 5) is 9.14. The van der Waals surface area contributed by atoms with Crippen LogP contribution in [0.15, 0.2) is 6.07 Å². The largest absolute Gasteiger partial charge is 0.477 e. The number of nitrogens with one attached hydrogen (secondary N) is 1. The highest BCUT2D eigenvalue weighted by Gasteiger charge is 2.27. The minimum atomic E-state index is 0.501. The Hall–Kier alpha value is -1.36. The molecule has 0 spiro atoms. The lowest BCUT2D eigenvalue weighted by atomic mass is 10.1. The van der Waals surface area contributed by atoms with Crippen LogP contribution in [0.2, 0.25) is 0 Å². The van der Waals surface area contributed by atoms with Crippen LogP contribution >= 0.6 is 0 Å². The van der Waals surface area contributed by atoms with Crippen molar-refractivity contribution in [3.8, 4) is 5.88 Å². The molecule has 1 aromatic rings. The maximum absolute atomic E-state index is 5.86. The molecule has 5 nitrogen and oxygen atoms in total. The second kappa shape index (κ2) is 6.39. The number of hydrogen-bond acceptors (Lipinski definition) is 5. The fourth-order valence-electron chi connectivity index (χ4n) is 2.30. The average molecular weight is 277 g/mol. The SMILES string of the molecule is CCCNc1cc(OCC2CCOC2)nc(C2CC2)n1. The average Bonchev–Trinajstić information content (AvgIpc) is 3.20. The van der Waals surface area contributed by atoms with Crippen LogP contribution in [-0.4, -0.2) is 36.3 Å². The van der Waals surface area contributed by atoms with Crippen molar-refractivity contribution in [3.63, 3.8) is 0 Å². The summed E-state index contributed by atoms with van der Waals surface area (Å²) >= 11 is 0. The third kappa shape index (κ3) is 3.60. The molecular formula is C15H23N3O2. The summed E-state index contributed by atoms with van der Waals surface area (Å²) in [5, 5.41) is 3.33. The molecule has 110 valence electrons. The zero-order valence-electron chi connectivity index (χ0n) is 12.1. The summed E-state index contributed by atoms with van der Waals surface area (Å²) in [5.74, 6) is 3.56.